The van der Waals surface area contributed by atoms with Crippen molar-refractivity contribution in [2.45, 2.75) is 39.0 Å². The van der Waals surface area contributed by atoms with E-state index in [0.29, 0.717) is 19.3 Å². The first-order chi connectivity index (χ1) is 8.67. The zero-order chi connectivity index (χ0) is 13.4. The van der Waals surface area contributed by atoms with Gasteiger partial charge in [0.05, 0.1) is 7.11 Å². The fraction of sp³-hybridized carbons (Fsp3) is 0.467. The summed E-state index contributed by atoms with van der Waals surface area (Å²) in [5, 5.41) is 0. The quantitative estimate of drug-likeness (QED) is 0.550. The molecule has 0 bridgehead atoms. The standard InChI is InChI=1S/C15H20O3/c1-3-4-5-14(16)13-9-6-12(7-10-13)8-11-15(17)18-2/h6-7,9-10H,3-5,8,11H2,1-2H3. The van der Waals surface area contributed by atoms with Gasteiger partial charge in [-0.1, -0.05) is 37.6 Å². The van der Waals surface area contributed by atoms with Gasteiger partial charge in [-0.15, -0.1) is 0 Å². The number of aryl methyl sites for hydroxylation is 1. The Morgan fingerprint density at radius 2 is 1.78 bits per heavy atom. The third-order valence-electron chi connectivity index (χ3n) is 2.88. The molecule has 0 saturated heterocycles. The SMILES string of the molecule is CCCCC(=O)c1ccc(CCC(=O)OC)cc1. The van der Waals surface area contributed by atoms with Crippen LogP contribution in [0.4, 0.5) is 0 Å². The lowest BCUT2D eigenvalue weighted by Gasteiger charge is -2.03. The highest BCUT2D eigenvalue weighted by Crippen LogP contribution is 2.10. The van der Waals surface area contributed by atoms with Gasteiger partial charge in [0.2, 0.25) is 0 Å². The lowest BCUT2D eigenvalue weighted by atomic mass is 10.0. The number of carbonyl (C=O) groups excluding carboxylic acids is 2. The molecule has 3 nitrogen and oxygen atoms in total. The largest absolute Gasteiger partial charge is 0.469 e. The van der Waals surface area contributed by atoms with Crippen LogP contribution in [0.3, 0.4) is 0 Å². The number of rotatable bonds is 7. The van der Waals surface area contributed by atoms with Crippen LogP contribution in [0.5, 0.6) is 0 Å². The lowest BCUT2D eigenvalue weighted by Crippen LogP contribution is -2.02. The molecule has 1 aromatic rings. The lowest BCUT2D eigenvalue weighted by molar-refractivity contribution is -0.140. The summed E-state index contributed by atoms with van der Waals surface area (Å²) in [5.74, 6) is -0.0190. The van der Waals surface area contributed by atoms with E-state index in [-0.39, 0.29) is 11.8 Å². The maximum Gasteiger partial charge on any atom is 0.305 e. The minimum atomic E-state index is -0.210. The first-order valence-electron chi connectivity index (χ1n) is 6.36. The van der Waals surface area contributed by atoms with Crippen molar-refractivity contribution in [1.29, 1.82) is 0 Å². The first-order valence-corrected chi connectivity index (χ1v) is 6.36. The highest BCUT2D eigenvalue weighted by Gasteiger charge is 2.06. The maximum atomic E-state index is 11.8. The Kier molecular flexibility index (Phi) is 6.12. The molecule has 0 aromatic heterocycles. The monoisotopic (exact) mass is 248 g/mol. The zero-order valence-electron chi connectivity index (χ0n) is 11.1. The number of Topliss-reactive ketones (excluding diaryl/α,β-unsaturated/α-hetero) is 1. The molecule has 3 heteroatoms. The van der Waals surface area contributed by atoms with Crippen molar-refractivity contribution in [2.75, 3.05) is 7.11 Å². The summed E-state index contributed by atoms with van der Waals surface area (Å²) in [6.07, 6.45) is 3.60. The smallest absolute Gasteiger partial charge is 0.305 e. The van der Waals surface area contributed by atoms with Crippen LogP contribution in [0.2, 0.25) is 0 Å². The molecule has 0 saturated carbocycles. The van der Waals surface area contributed by atoms with E-state index in [0.717, 1.165) is 24.0 Å². The number of carbonyl (C=O) groups is 2. The van der Waals surface area contributed by atoms with E-state index in [2.05, 4.69) is 11.7 Å². The number of benzene rings is 1. The number of unbranched alkanes of at least 4 members (excludes halogenated alkanes) is 1. The van der Waals surface area contributed by atoms with Gasteiger partial charge in [0.1, 0.15) is 0 Å². The molecule has 0 aliphatic rings. The predicted molar refractivity (Wildman–Crippen MR) is 70.6 cm³/mol. The number of ketones is 1. The number of hydrogen-bond donors (Lipinski definition) is 0. The third-order valence-corrected chi connectivity index (χ3v) is 2.88. The number of esters is 1. The molecule has 1 aromatic carbocycles. The summed E-state index contributed by atoms with van der Waals surface area (Å²) in [7, 11) is 1.39. The zero-order valence-corrected chi connectivity index (χ0v) is 11.1. The van der Waals surface area contributed by atoms with Crippen molar-refractivity contribution in [2.24, 2.45) is 0 Å². The van der Waals surface area contributed by atoms with Gasteiger partial charge in [0.25, 0.3) is 0 Å². The minimum Gasteiger partial charge on any atom is -0.469 e. The molecule has 0 radical (unpaired) electrons. The normalized spacial score (nSPS) is 10.1. The molecular weight excluding hydrogens is 228 g/mol. The van der Waals surface area contributed by atoms with Gasteiger partial charge in [-0.05, 0) is 18.4 Å². The van der Waals surface area contributed by atoms with E-state index in [1.165, 1.54) is 7.11 Å². The van der Waals surface area contributed by atoms with Crippen molar-refractivity contribution in [3.8, 4) is 0 Å². The summed E-state index contributed by atoms with van der Waals surface area (Å²) in [6, 6.07) is 7.49. The Labute approximate surface area is 108 Å². The molecule has 1 rings (SSSR count). The van der Waals surface area contributed by atoms with Crippen LogP contribution < -0.4 is 0 Å². The van der Waals surface area contributed by atoms with Crippen LogP contribution in [0.15, 0.2) is 24.3 Å². The van der Waals surface area contributed by atoms with E-state index in [9.17, 15) is 9.59 Å². The highest BCUT2D eigenvalue weighted by molar-refractivity contribution is 5.96. The highest BCUT2D eigenvalue weighted by atomic mass is 16.5. The Balaban J connectivity index is 2.51. The fourth-order valence-corrected chi connectivity index (χ4v) is 1.69. The summed E-state index contributed by atoms with van der Waals surface area (Å²) < 4.78 is 4.59. The van der Waals surface area contributed by atoms with Gasteiger partial charge in [0, 0.05) is 18.4 Å². The van der Waals surface area contributed by atoms with Gasteiger partial charge >= 0.3 is 5.97 Å². The number of ether oxygens (including phenoxy) is 1. The molecule has 0 spiro atoms. The first kappa shape index (κ1) is 14.4. The molecular formula is C15H20O3. The van der Waals surface area contributed by atoms with E-state index >= 15 is 0 Å². The number of methoxy groups -OCH3 is 1. The van der Waals surface area contributed by atoms with Crippen LogP contribution in [0, 0.1) is 0 Å². The Morgan fingerprint density at radius 1 is 1.11 bits per heavy atom. The van der Waals surface area contributed by atoms with E-state index in [1.54, 1.807) is 0 Å². The average molecular weight is 248 g/mol. The van der Waals surface area contributed by atoms with Crippen LogP contribution in [0.1, 0.15) is 48.5 Å². The molecule has 0 aliphatic heterocycles. The maximum absolute atomic E-state index is 11.8. The van der Waals surface area contributed by atoms with Gasteiger partial charge < -0.3 is 4.74 Å². The molecule has 0 atom stereocenters. The second kappa shape index (κ2) is 7.64. The van der Waals surface area contributed by atoms with Crippen LogP contribution >= 0.6 is 0 Å². The molecule has 0 N–H and O–H groups in total. The van der Waals surface area contributed by atoms with Crippen molar-refractivity contribution in [3.05, 3.63) is 35.4 Å². The molecule has 0 amide bonds. The second-order valence-electron chi connectivity index (χ2n) is 4.30. The molecule has 0 heterocycles. The summed E-state index contributed by atoms with van der Waals surface area (Å²) >= 11 is 0. The second-order valence-corrected chi connectivity index (χ2v) is 4.30. The predicted octanol–water partition coefficient (Wildman–Crippen LogP) is 3.17. The topological polar surface area (TPSA) is 43.4 Å². The van der Waals surface area contributed by atoms with E-state index in [4.69, 9.17) is 0 Å². The van der Waals surface area contributed by atoms with Gasteiger partial charge in [-0.3, -0.25) is 9.59 Å². The molecule has 98 valence electrons. The van der Waals surface area contributed by atoms with Gasteiger partial charge in [-0.2, -0.15) is 0 Å². The van der Waals surface area contributed by atoms with E-state index in [1.807, 2.05) is 24.3 Å². The van der Waals surface area contributed by atoms with Crippen molar-refractivity contribution >= 4 is 11.8 Å². The molecule has 18 heavy (non-hydrogen) atoms. The fourth-order valence-electron chi connectivity index (χ4n) is 1.69. The summed E-state index contributed by atoms with van der Waals surface area (Å²) in [6.45, 7) is 2.07. The van der Waals surface area contributed by atoms with Crippen molar-refractivity contribution < 1.29 is 14.3 Å². The Morgan fingerprint density at radius 3 is 2.33 bits per heavy atom. The van der Waals surface area contributed by atoms with Crippen LogP contribution in [0.25, 0.3) is 0 Å². The average Bonchev–Trinajstić information content (AvgIpc) is 2.42. The van der Waals surface area contributed by atoms with Gasteiger partial charge in [-0.25, -0.2) is 0 Å². The van der Waals surface area contributed by atoms with Crippen molar-refractivity contribution in [3.63, 3.8) is 0 Å². The van der Waals surface area contributed by atoms with E-state index < -0.39 is 0 Å². The molecule has 0 aliphatic carbocycles. The molecule has 0 fully saturated rings. The van der Waals surface area contributed by atoms with Crippen molar-refractivity contribution in [1.82, 2.24) is 0 Å². The van der Waals surface area contributed by atoms with Gasteiger partial charge in [0.15, 0.2) is 5.78 Å². The Hall–Kier alpha value is -1.64. The van der Waals surface area contributed by atoms with Crippen LogP contribution in [-0.4, -0.2) is 18.9 Å². The summed E-state index contributed by atoms with van der Waals surface area (Å²) in [5.41, 5.74) is 1.80. The van der Waals surface area contributed by atoms with Crippen LogP contribution in [-0.2, 0) is 16.0 Å². The minimum absolute atomic E-state index is 0.191. The summed E-state index contributed by atoms with van der Waals surface area (Å²) in [4.78, 5) is 22.8. The Bertz CT molecular complexity index is 393. The molecule has 0 unspecified atom stereocenters. The third kappa shape index (κ3) is 4.70. The number of hydrogen-bond acceptors (Lipinski definition) is 3.